The van der Waals surface area contributed by atoms with Crippen LogP contribution in [0, 0.1) is 11.6 Å². The molecule has 0 bridgehead atoms. The predicted octanol–water partition coefficient (Wildman–Crippen LogP) is 3.36. The molecule has 1 atom stereocenters. The molecule has 1 heterocycles. The van der Waals surface area contributed by atoms with Crippen molar-refractivity contribution in [2.75, 3.05) is 23.8 Å². The van der Waals surface area contributed by atoms with Gasteiger partial charge in [-0.05, 0) is 36.8 Å². The summed E-state index contributed by atoms with van der Waals surface area (Å²) in [5.74, 6) is -2.39. The van der Waals surface area contributed by atoms with E-state index >= 15 is 0 Å². The highest BCUT2D eigenvalue weighted by Crippen LogP contribution is 2.17. The largest absolute Gasteiger partial charge is 0.448 e. The zero-order chi connectivity index (χ0) is 19.4. The lowest BCUT2D eigenvalue weighted by atomic mass is 10.1. The van der Waals surface area contributed by atoms with Crippen LogP contribution in [-0.2, 0) is 16.1 Å². The van der Waals surface area contributed by atoms with Gasteiger partial charge in [-0.3, -0.25) is 4.79 Å². The van der Waals surface area contributed by atoms with Crippen LogP contribution in [0.15, 0.2) is 42.5 Å². The normalized spacial score (nSPS) is 14.6. The van der Waals surface area contributed by atoms with E-state index < -0.39 is 23.6 Å². The monoisotopic (exact) mass is 375 g/mol. The number of rotatable bonds is 6. The van der Waals surface area contributed by atoms with E-state index in [-0.39, 0.29) is 11.8 Å². The van der Waals surface area contributed by atoms with Crippen molar-refractivity contribution in [3.63, 3.8) is 0 Å². The molecule has 6 nitrogen and oxygen atoms in total. The maximum absolute atomic E-state index is 13.2. The second-order valence-electron chi connectivity index (χ2n) is 6.22. The third-order valence-electron chi connectivity index (χ3n) is 4.11. The molecule has 0 aromatic heterocycles. The van der Waals surface area contributed by atoms with E-state index in [4.69, 9.17) is 4.74 Å². The first-order valence-electron chi connectivity index (χ1n) is 8.45. The van der Waals surface area contributed by atoms with Crippen LogP contribution >= 0.6 is 0 Å². The van der Waals surface area contributed by atoms with Crippen LogP contribution in [0.4, 0.5) is 25.0 Å². The average molecular weight is 375 g/mol. The fraction of sp³-hybridized carbons (Fsp3) is 0.263. The van der Waals surface area contributed by atoms with Crippen LogP contribution in [0.3, 0.4) is 0 Å². The molecule has 142 valence electrons. The number of nitrogens with one attached hydrogen (secondary N) is 2. The molecule has 0 saturated carbocycles. The molecule has 0 unspecified atom stereocenters. The summed E-state index contributed by atoms with van der Waals surface area (Å²) in [6, 6.07) is 9.89. The Bertz CT molecular complexity index is 860. The summed E-state index contributed by atoms with van der Waals surface area (Å²) in [6.07, 6.45) is -0.340. The molecule has 2 aromatic carbocycles. The zero-order valence-corrected chi connectivity index (χ0v) is 14.7. The second-order valence-corrected chi connectivity index (χ2v) is 6.22. The van der Waals surface area contributed by atoms with Gasteiger partial charge < -0.3 is 20.3 Å². The lowest BCUT2D eigenvalue weighted by Crippen LogP contribution is -2.32. The molecular formula is C19H19F2N3O3. The van der Waals surface area contributed by atoms with Crippen molar-refractivity contribution in [2.24, 2.45) is 0 Å². The van der Waals surface area contributed by atoms with E-state index in [9.17, 15) is 18.4 Å². The summed E-state index contributed by atoms with van der Waals surface area (Å²) in [7, 11) is 0. The topological polar surface area (TPSA) is 70.7 Å². The summed E-state index contributed by atoms with van der Waals surface area (Å²) in [4.78, 5) is 25.4. The molecule has 3 rings (SSSR count). The number of anilines is 2. The van der Waals surface area contributed by atoms with Crippen LogP contribution in [0.5, 0.6) is 0 Å². The number of amides is 2. The highest BCUT2D eigenvalue weighted by atomic mass is 19.2. The van der Waals surface area contributed by atoms with E-state index in [1.807, 2.05) is 18.2 Å². The van der Waals surface area contributed by atoms with Crippen molar-refractivity contribution in [3.05, 3.63) is 59.7 Å². The Hall–Kier alpha value is -3.16. The third-order valence-corrected chi connectivity index (χ3v) is 4.11. The minimum atomic E-state index is -1.03. The van der Waals surface area contributed by atoms with Gasteiger partial charge in [0.1, 0.15) is 12.6 Å². The van der Waals surface area contributed by atoms with Crippen LogP contribution < -0.4 is 10.6 Å². The van der Waals surface area contributed by atoms with E-state index in [0.29, 0.717) is 25.4 Å². The van der Waals surface area contributed by atoms with Gasteiger partial charge in [-0.1, -0.05) is 12.1 Å². The Morgan fingerprint density at radius 1 is 1.19 bits per heavy atom. The van der Waals surface area contributed by atoms with Gasteiger partial charge in [0.2, 0.25) is 5.91 Å². The van der Waals surface area contributed by atoms with Crippen molar-refractivity contribution >= 4 is 23.4 Å². The van der Waals surface area contributed by atoms with E-state index in [0.717, 1.165) is 17.7 Å². The van der Waals surface area contributed by atoms with Crippen molar-refractivity contribution < 1.29 is 23.1 Å². The van der Waals surface area contributed by atoms with E-state index in [2.05, 4.69) is 10.6 Å². The molecule has 2 N–H and O–H groups in total. The molecule has 2 aromatic rings. The predicted molar refractivity (Wildman–Crippen MR) is 96.3 cm³/mol. The molecule has 1 saturated heterocycles. The maximum Gasteiger partial charge on any atom is 0.410 e. The third kappa shape index (κ3) is 4.72. The SMILES string of the molecule is C[C@H](Nc1cccc(CN2CCOC2=O)c1)C(=O)Nc1ccc(F)c(F)c1. The first kappa shape index (κ1) is 18.6. The van der Waals surface area contributed by atoms with Gasteiger partial charge in [0, 0.05) is 24.0 Å². The summed E-state index contributed by atoms with van der Waals surface area (Å²) >= 11 is 0. The molecule has 27 heavy (non-hydrogen) atoms. The van der Waals surface area contributed by atoms with Gasteiger partial charge in [-0.2, -0.15) is 0 Å². The Balaban J connectivity index is 1.60. The number of carbonyl (C=O) groups is 2. The fourth-order valence-corrected chi connectivity index (χ4v) is 2.69. The average Bonchev–Trinajstić information content (AvgIpc) is 3.03. The zero-order valence-electron chi connectivity index (χ0n) is 14.7. The van der Waals surface area contributed by atoms with Crippen molar-refractivity contribution in [2.45, 2.75) is 19.5 Å². The molecule has 1 aliphatic rings. The molecular weight excluding hydrogens is 356 g/mol. The minimum absolute atomic E-state index is 0.175. The Morgan fingerprint density at radius 2 is 2.00 bits per heavy atom. The maximum atomic E-state index is 13.2. The summed E-state index contributed by atoms with van der Waals surface area (Å²) in [5, 5.41) is 5.58. The number of hydrogen-bond donors (Lipinski definition) is 2. The first-order valence-corrected chi connectivity index (χ1v) is 8.45. The Labute approximate surface area is 155 Å². The smallest absolute Gasteiger partial charge is 0.410 e. The number of benzene rings is 2. The molecule has 1 fully saturated rings. The van der Waals surface area contributed by atoms with E-state index in [1.165, 1.54) is 6.07 Å². The number of hydrogen-bond acceptors (Lipinski definition) is 4. The van der Waals surface area contributed by atoms with E-state index in [1.54, 1.807) is 17.9 Å². The quantitative estimate of drug-likeness (QED) is 0.812. The molecule has 0 aliphatic carbocycles. The van der Waals surface area contributed by atoms with Gasteiger partial charge in [-0.25, -0.2) is 13.6 Å². The number of nitrogens with zero attached hydrogens (tertiary/aromatic N) is 1. The van der Waals surface area contributed by atoms with Crippen LogP contribution in [0.25, 0.3) is 0 Å². The van der Waals surface area contributed by atoms with Crippen molar-refractivity contribution in [3.8, 4) is 0 Å². The second kappa shape index (κ2) is 8.03. The first-order chi connectivity index (χ1) is 12.9. The van der Waals surface area contributed by atoms with Crippen LogP contribution in [0.1, 0.15) is 12.5 Å². The summed E-state index contributed by atoms with van der Waals surface area (Å²) < 4.78 is 31.1. The highest BCUT2D eigenvalue weighted by molar-refractivity contribution is 5.96. The van der Waals surface area contributed by atoms with Gasteiger partial charge in [-0.15, -0.1) is 0 Å². The molecule has 1 aliphatic heterocycles. The van der Waals surface area contributed by atoms with Gasteiger partial charge in [0.05, 0.1) is 6.54 Å². The number of cyclic esters (lactones) is 1. The summed E-state index contributed by atoms with van der Waals surface area (Å²) in [6.45, 7) is 3.00. The molecule has 2 amide bonds. The number of carbonyl (C=O) groups excluding carboxylic acids is 2. The minimum Gasteiger partial charge on any atom is -0.448 e. The highest BCUT2D eigenvalue weighted by Gasteiger charge is 2.22. The standard InChI is InChI=1S/C19H19F2N3O3/c1-12(18(25)23-15-5-6-16(20)17(21)10-15)22-14-4-2-3-13(9-14)11-24-7-8-27-19(24)26/h2-6,9-10,12,22H,7-8,11H2,1H3,(H,23,25)/t12-/m0/s1. The lowest BCUT2D eigenvalue weighted by molar-refractivity contribution is -0.116. The van der Waals surface area contributed by atoms with Gasteiger partial charge in [0.25, 0.3) is 0 Å². The Morgan fingerprint density at radius 3 is 2.70 bits per heavy atom. The van der Waals surface area contributed by atoms with Gasteiger partial charge in [0.15, 0.2) is 11.6 Å². The molecule has 0 spiro atoms. The van der Waals surface area contributed by atoms with Gasteiger partial charge >= 0.3 is 6.09 Å². The summed E-state index contributed by atoms with van der Waals surface area (Å²) in [5.41, 5.74) is 1.77. The van der Waals surface area contributed by atoms with Crippen molar-refractivity contribution in [1.82, 2.24) is 4.90 Å². The number of ether oxygens (including phenoxy) is 1. The Kier molecular flexibility index (Phi) is 5.54. The van der Waals surface area contributed by atoms with Crippen LogP contribution in [0.2, 0.25) is 0 Å². The van der Waals surface area contributed by atoms with Crippen molar-refractivity contribution in [1.29, 1.82) is 0 Å². The fourth-order valence-electron chi connectivity index (χ4n) is 2.69. The number of halogens is 2. The molecule has 8 heteroatoms. The van der Waals surface area contributed by atoms with Crippen LogP contribution in [-0.4, -0.2) is 36.1 Å². The lowest BCUT2D eigenvalue weighted by Gasteiger charge is -2.17. The molecule has 0 radical (unpaired) electrons.